The molecule has 1 fully saturated rings. The van der Waals surface area contributed by atoms with E-state index in [9.17, 15) is 9.59 Å². The van der Waals surface area contributed by atoms with E-state index in [2.05, 4.69) is 20.5 Å². The Bertz CT molecular complexity index is 1070. The highest BCUT2D eigenvalue weighted by molar-refractivity contribution is 5.79. The molecule has 8 nitrogen and oxygen atoms in total. The average molecular weight is 419 g/mol. The fourth-order valence-electron chi connectivity index (χ4n) is 3.79. The summed E-state index contributed by atoms with van der Waals surface area (Å²) in [5.74, 6) is 1.42. The Kier molecular flexibility index (Phi) is 5.97. The Balaban J connectivity index is 1.46. The van der Waals surface area contributed by atoms with Gasteiger partial charge >= 0.3 is 0 Å². The van der Waals surface area contributed by atoms with E-state index in [0.29, 0.717) is 30.5 Å². The standard InChI is InChI=1S/C23H25N5O3/c1-15-7-6-10-18(11-15)31-14-21(30)28-12-19(20(13-28)24-16(2)29)23-25-22(26-27-23)17-8-4-3-5-9-17/h3-11,19-20H,12-14H2,1-2H3,(H,24,29)(H,25,26,27)/t19-,20-/m1/s1. The summed E-state index contributed by atoms with van der Waals surface area (Å²) in [5, 5.41) is 10.3. The zero-order valence-electron chi connectivity index (χ0n) is 17.5. The third-order valence-electron chi connectivity index (χ3n) is 5.30. The Morgan fingerprint density at radius 3 is 2.71 bits per heavy atom. The van der Waals surface area contributed by atoms with Crippen LogP contribution in [0.25, 0.3) is 11.4 Å². The third kappa shape index (κ3) is 4.91. The molecule has 2 heterocycles. The number of aryl methyl sites for hydroxylation is 1. The number of likely N-dealkylation sites (tertiary alicyclic amines) is 1. The van der Waals surface area contributed by atoms with Gasteiger partial charge in [0.15, 0.2) is 12.4 Å². The van der Waals surface area contributed by atoms with Crippen LogP contribution in [0.15, 0.2) is 54.6 Å². The van der Waals surface area contributed by atoms with Gasteiger partial charge in [0.1, 0.15) is 11.6 Å². The number of carbonyl (C=O) groups excluding carboxylic acids is 2. The van der Waals surface area contributed by atoms with Crippen molar-refractivity contribution >= 4 is 11.8 Å². The monoisotopic (exact) mass is 419 g/mol. The van der Waals surface area contributed by atoms with Crippen molar-refractivity contribution in [3.05, 3.63) is 66.0 Å². The molecular weight excluding hydrogens is 394 g/mol. The molecule has 0 aliphatic carbocycles. The molecule has 1 aliphatic rings. The zero-order valence-corrected chi connectivity index (χ0v) is 17.5. The van der Waals surface area contributed by atoms with Gasteiger partial charge in [0, 0.05) is 25.6 Å². The lowest BCUT2D eigenvalue weighted by Crippen LogP contribution is -2.40. The maximum absolute atomic E-state index is 12.8. The number of H-pyrrole nitrogens is 1. The summed E-state index contributed by atoms with van der Waals surface area (Å²) >= 11 is 0. The van der Waals surface area contributed by atoms with Crippen molar-refractivity contribution in [1.82, 2.24) is 25.4 Å². The lowest BCUT2D eigenvalue weighted by Gasteiger charge is -2.17. The number of aromatic nitrogens is 3. The van der Waals surface area contributed by atoms with Crippen molar-refractivity contribution in [2.24, 2.45) is 0 Å². The van der Waals surface area contributed by atoms with E-state index >= 15 is 0 Å². The van der Waals surface area contributed by atoms with Crippen LogP contribution in [-0.4, -0.2) is 57.6 Å². The van der Waals surface area contributed by atoms with Gasteiger partial charge in [-0.05, 0) is 24.6 Å². The highest BCUT2D eigenvalue weighted by Gasteiger charge is 2.38. The van der Waals surface area contributed by atoms with Crippen LogP contribution in [0.1, 0.15) is 24.2 Å². The lowest BCUT2D eigenvalue weighted by molar-refractivity contribution is -0.132. The molecule has 0 spiro atoms. The molecule has 4 rings (SSSR count). The predicted molar refractivity (Wildman–Crippen MR) is 115 cm³/mol. The fraction of sp³-hybridized carbons (Fsp3) is 0.304. The molecule has 1 aromatic heterocycles. The van der Waals surface area contributed by atoms with E-state index in [0.717, 1.165) is 11.1 Å². The second-order valence-corrected chi connectivity index (χ2v) is 7.73. The van der Waals surface area contributed by atoms with Crippen LogP contribution in [0, 0.1) is 6.92 Å². The van der Waals surface area contributed by atoms with Crippen molar-refractivity contribution < 1.29 is 14.3 Å². The molecule has 1 aliphatic heterocycles. The van der Waals surface area contributed by atoms with E-state index in [4.69, 9.17) is 4.74 Å². The first-order valence-electron chi connectivity index (χ1n) is 10.2. The summed E-state index contributed by atoms with van der Waals surface area (Å²) < 4.78 is 5.67. The van der Waals surface area contributed by atoms with Crippen molar-refractivity contribution in [2.45, 2.75) is 25.8 Å². The maximum Gasteiger partial charge on any atom is 0.260 e. The molecular formula is C23H25N5O3. The first-order valence-corrected chi connectivity index (χ1v) is 10.2. The van der Waals surface area contributed by atoms with E-state index < -0.39 is 0 Å². The number of nitrogens with zero attached hydrogens (tertiary/aromatic N) is 3. The Morgan fingerprint density at radius 2 is 1.97 bits per heavy atom. The number of benzene rings is 2. The van der Waals surface area contributed by atoms with Gasteiger partial charge in [-0.25, -0.2) is 4.98 Å². The van der Waals surface area contributed by atoms with Crippen molar-refractivity contribution in [1.29, 1.82) is 0 Å². The van der Waals surface area contributed by atoms with Gasteiger partial charge in [-0.1, -0.05) is 42.5 Å². The van der Waals surface area contributed by atoms with Crippen LogP contribution in [-0.2, 0) is 9.59 Å². The number of rotatable bonds is 6. The number of carbonyl (C=O) groups is 2. The van der Waals surface area contributed by atoms with Crippen LogP contribution >= 0.6 is 0 Å². The molecule has 0 unspecified atom stereocenters. The molecule has 2 atom stereocenters. The molecule has 2 amide bonds. The van der Waals surface area contributed by atoms with Crippen LogP contribution in [0.5, 0.6) is 5.75 Å². The highest BCUT2D eigenvalue weighted by Crippen LogP contribution is 2.27. The molecule has 31 heavy (non-hydrogen) atoms. The number of hydrogen-bond acceptors (Lipinski definition) is 5. The quantitative estimate of drug-likeness (QED) is 0.639. The van der Waals surface area contributed by atoms with Crippen LogP contribution in [0.3, 0.4) is 0 Å². The maximum atomic E-state index is 12.8. The van der Waals surface area contributed by atoms with Crippen LogP contribution in [0.2, 0.25) is 0 Å². The largest absolute Gasteiger partial charge is 0.484 e. The third-order valence-corrected chi connectivity index (χ3v) is 5.30. The van der Waals surface area contributed by atoms with Crippen molar-refractivity contribution in [2.75, 3.05) is 19.7 Å². The summed E-state index contributed by atoms with van der Waals surface area (Å²) in [4.78, 5) is 30.8. The predicted octanol–water partition coefficient (Wildman–Crippen LogP) is 2.29. The van der Waals surface area contributed by atoms with E-state index in [1.165, 1.54) is 6.92 Å². The summed E-state index contributed by atoms with van der Waals surface area (Å²) in [6.07, 6.45) is 0. The van der Waals surface area contributed by atoms with Crippen LogP contribution in [0.4, 0.5) is 0 Å². The second-order valence-electron chi connectivity index (χ2n) is 7.73. The molecule has 1 saturated heterocycles. The molecule has 160 valence electrons. The van der Waals surface area contributed by atoms with E-state index in [-0.39, 0.29) is 30.4 Å². The van der Waals surface area contributed by atoms with Gasteiger partial charge in [0.2, 0.25) is 5.91 Å². The number of amides is 2. The normalized spacial score (nSPS) is 18.1. The van der Waals surface area contributed by atoms with Crippen LogP contribution < -0.4 is 10.1 Å². The van der Waals surface area contributed by atoms with Gasteiger partial charge in [0.05, 0.1) is 12.0 Å². The first kappa shape index (κ1) is 20.6. The number of ether oxygens (including phenoxy) is 1. The van der Waals surface area contributed by atoms with Gasteiger partial charge < -0.3 is 15.0 Å². The van der Waals surface area contributed by atoms with Gasteiger partial charge in [-0.2, -0.15) is 5.10 Å². The summed E-state index contributed by atoms with van der Waals surface area (Å²) in [6, 6.07) is 17.0. The molecule has 2 aromatic carbocycles. The summed E-state index contributed by atoms with van der Waals surface area (Å²) in [5.41, 5.74) is 1.97. The average Bonchev–Trinajstić information content (AvgIpc) is 3.40. The smallest absolute Gasteiger partial charge is 0.260 e. The topological polar surface area (TPSA) is 100 Å². The number of hydrogen-bond donors (Lipinski definition) is 2. The summed E-state index contributed by atoms with van der Waals surface area (Å²) in [6.45, 7) is 4.19. The molecule has 0 saturated carbocycles. The Morgan fingerprint density at radius 1 is 1.16 bits per heavy atom. The SMILES string of the molecule is CC(=O)N[C@@H]1CN(C(=O)COc2cccc(C)c2)C[C@H]1c1nc(-c2ccccc2)n[nH]1. The Hall–Kier alpha value is -3.68. The minimum absolute atomic E-state index is 0.0609. The van der Waals surface area contributed by atoms with E-state index in [1.54, 1.807) is 4.90 Å². The van der Waals surface area contributed by atoms with E-state index in [1.807, 2.05) is 61.5 Å². The molecule has 0 radical (unpaired) electrons. The minimum atomic E-state index is -0.253. The van der Waals surface area contributed by atoms with Crippen molar-refractivity contribution in [3.8, 4) is 17.1 Å². The van der Waals surface area contributed by atoms with Crippen molar-refractivity contribution in [3.63, 3.8) is 0 Å². The second kappa shape index (κ2) is 8.99. The first-order chi connectivity index (χ1) is 15.0. The van der Waals surface area contributed by atoms with Gasteiger partial charge in [-0.3, -0.25) is 14.7 Å². The highest BCUT2D eigenvalue weighted by atomic mass is 16.5. The zero-order chi connectivity index (χ0) is 21.8. The minimum Gasteiger partial charge on any atom is -0.484 e. The molecule has 8 heteroatoms. The van der Waals surface area contributed by atoms with Gasteiger partial charge in [0.25, 0.3) is 5.91 Å². The molecule has 0 bridgehead atoms. The fourth-order valence-corrected chi connectivity index (χ4v) is 3.79. The number of nitrogens with one attached hydrogen (secondary N) is 2. The molecule has 2 N–H and O–H groups in total. The summed E-state index contributed by atoms with van der Waals surface area (Å²) in [7, 11) is 0. The Labute approximate surface area is 180 Å². The van der Waals surface area contributed by atoms with Gasteiger partial charge in [-0.15, -0.1) is 0 Å². The lowest BCUT2D eigenvalue weighted by atomic mass is 10.0. The number of aromatic amines is 1. The molecule has 3 aromatic rings.